The Balaban J connectivity index is 2.39. The van der Waals surface area contributed by atoms with Gasteiger partial charge in [0, 0.05) is 12.8 Å². The van der Waals surface area contributed by atoms with Crippen LogP contribution in [0.1, 0.15) is 25.3 Å². The third-order valence-corrected chi connectivity index (χ3v) is 2.97. The van der Waals surface area contributed by atoms with E-state index in [0.717, 1.165) is 0 Å². The van der Waals surface area contributed by atoms with E-state index < -0.39 is 11.1 Å². The molecule has 0 unspecified atom stereocenters. The fourth-order valence-corrected chi connectivity index (χ4v) is 2.42. The van der Waals surface area contributed by atoms with E-state index in [1.54, 1.807) is 19.1 Å². The van der Waals surface area contributed by atoms with Crippen LogP contribution < -0.4 is 0 Å². The first-order chi connectivity index (χ1) is 7.47. The maximum Gasteiger partial charge on any atom is 0.235 e. The highest BCUT2D eigenvalue weighted by atomic mass is 19.1. The van der Waals surface area contributed by atoms with Crippen LogP contribution in [0.15, 0.2) is 29.3 Å². The minimum Gasteiger partial charge on any atom is -0.390 e. The lowest BCUT2D eigenvalue weighted by atomic mass is 9.63. The second-order valence-corrected chi connectivity index (χ2v) is 4.60. The number of nitrogens with zero attached hydrogens (tertiary/aromatic N) is 1. The summed E-state index contributed by atoms with van der Waals surface area (Å²) in [5, 5.41) is 9.72. The maximum atomic E-state index is 13.1. The highest BCUT2D eigenvalue weighted by Gasteiger charge is 2.52. The molecule has 0 atom stereocenters. The maximum absolute atomic E-state index is 13.1. The molecule has 16 heavy (non-hydrogen) atoms. The Labute approximate surface area is 92.6 Å². The van der Waals surface area contributed by atoms with E-state index in [0.29, 0.717) is 18.4 Å². The second kappa shape index (κ2) is 3.51. The van der Waals surface area contributed by atoms with Gasteiger partial charge >= 0.3 is 0 Å². The molecule has 0 amide bonds. The van der Waals surface area contributed by atoms with Crippen LogP contribution in [0.3, 0.4) is 0 Å². The van der Waals surface area contributed by atoms with Crippen molar-refractivity contribution in [2.24, 2.45) is 4.99 Å². The molecule has 3 nitrogen and oxygen atoms in total. The molecule has 1 aromatic rings. The Morgan fingerprint density at radius 1 is 1.50 bits per heavy atom. The third-order valence-electron chi connectivity index (χ3n) is 2.97. The molecular weight excluding hydrogens is 209 g/mol. The van der Waals surface area contributed by atoms with E-state index >= 15 is 0 Å². The van der Waals surface area contributed by atoms with Crippen molar-refractivity contribution in [2.45, 2.75) is 30.9 Å². The molecule has 0 aliphatic heterocycles. The van der Waals surface area contributed by atoms with Gasteiger partial charge in [-0.1, -0.05) is 12.1 Å². The van der Waals surface area contributed by atoms with Crippen LogP contribution >= 0.6 is 0 Å². The number of isocyanates is 1. The van der Waals surface area contributed by atoms with Crippen LogP contribution in [0.5, 0.6) is 0 Å². The van der Waals surface area contributed by atoms with E-state index in [-0.39, 0.29) is 5.82 Å². The zero-order valence-corrected chi connectivity index (χ0v) is 8.90. The number of hydrogen-bond donors (Lipinski definition) is 1. The SMILES string of the molecule is CC1(O)CC(N=C=O)(c2cccc(F)c2)C1. The summed E-state index contributed by atoms with van der Waals surface area (Å²) in [4.78, 5) is 14.2. The van der Waals surface area contributed by atoms with Gasteiger partial charge in [0.25, 0.3) is 0 Å². The van der Waals surface area contributed by atoms with Gasteiger partial charge in [0.1, 0.15) is 11.4 Å². The highest BCUT2D eigenvalue weighted by Crippen LogP contribution is 2.50. The van der Waals surface area contributed by atoms with E-state index in [1.165, 1.54) is 18.2 Å². The lowest BCUT2D eigenvalue weighted by Crippen LogP contribution is -2.51. The first-order valence-electron chi connectivity index (χ1n) is 5.05. The van der Waals surface area contributed by atoms with E-state index in [1.807, 2.05) is 0 Å². The molecule has 1 N–H and O–H groups in total. The number of hydrogen-bond acceptors (Lipinski definition) is 3. The molecule has 0 heterocycles. The molecule has 2 rings (SSSR count). The predicted molar refractivity (Wildman–Crippen MR) is 56.1 cm³/mol. The number of rotatable bonds is 2. The normalized spacial score (nSPS) is 32.7. The van der Waals surface area contributed by atoms with Gasteiger partial charge in [0.2, 0.25) is 6.08 Å². The molecule has 0 saturated heterocycles. The van der Waals surface area contributed by atoms with E-state index in [2.05, 4.69) is 4.99 Å². The molecule has 84 valence electrons. The van der Waals surface area contributed by atoms with Crippen molar-refractivity contribution in [2.75, 3.05) is 0 Å². The van der Waals surface area contributed by atoms with Crippen LogP contribution in [0, 0.1) is 5.82 Å². The minimum absolute atomic E-state index is 0.318. The van der Waals surface area contributed by atoms with Gasteiger partial charge in [-0.25, -0.2) is 9.18 Å². The van der Waals surface area contributed by atoms with Gasteiger partial charge in [0.05, 0.1) is 5.60 Å². The van der Waals surface area contributed by atoms with Gasteiger partial charge < -0.3 is 5.11 Å². The molecule has 0 spiro atoms. The molecule has 0 aromatic heterocycles. The van der Waals surface area contributed by atoms with Crippen LogP contribution in [0.2, 0.25) is 0 Å². The summed E-state index contributed by atoms with van der Waals surface area (Å²) in [6.45, 7) is 1.67. The van der Waals surface area contributed by atoms with Crippen molar-refractivity contribution in [3.8, 4) is 0 Å². The standard InChI is InChI=1S/C12H12FNO2/c1-11(16)6-12(7-11,14-8-15)9-3-2-4-10(13)5-9/h2-5,16H,6-7H2,1H3. The Morgan fingerprint density at radius 3 is 2.69 bits per heavy atom. The molecule has 1 aliphatic rings. The molecule has 1 aromatic carbocycles. The minimum atomic E-state index is -0.841. The van der Waals surface area contributed by atoms with Crippen molar-refractivity contribution in [1.82, 2.24) is 0 Å². The molecule has 1 aliphatic carbocycles. The van der Waals surface area contributed by atoms with E-state index in [9.17, 15) is 14.3 Å². The monoisotopic (exact) mass is 221 g/mol. The first-order valence-corrected chi connectivity index (χ1v) is 5.05. The largest absolute Gasteiger partial charge is 0.390 e. The third kappa shape index (κ3) is 1.77. The average molecular weight is 221 g/mol. The zero-order valence-electron chi connectivity index (χ0n) is 8.90. The Kier molecular flexibility index (Phi) is 2.41. The Bertz CT molecular complexity index is 456. The lowest BCUT2D eigenvalue weighted by Gasteiger charge is -2.48. The van der Waals surface area contributed by atoms with Gasteiger partial charge in [-0.15, -0.1) is 0 Å². The zero-order chi connectivity index (χ0) is 11.8. The number of halogens is 1. The summed E-state index contributed by atoms with van der Waals surface area (Å²) in [7, 11) is 0. The number of aliphatic hydroxyl groups is 1. The van der Waals surface area contributed by atoms with Crippen LogP contribution in [-0.4, -0.2) is 16.8 Å². The molecular formula is C12H12FNO2. The van der Waals surface area contributed by atoms with Crippen molar-refractivity contribution in [3.05, 3.63) is 35.6 Å². The summed E-state index contributed by atoms with van der Waals surface area (Å²) in [5.41, 5.74) is -1.03. The summed E-state index contributed by atoms with van der Waals surface area (Å²) in [5.74, 6) is -0.371. The van der Waals surface area contributed by atoms with Gasteiger partial charge in [-0.3, -0.25) is 0 Å². The molecule has 1 fully saturated rings. The molecule has 0 bridgehead atoms. The second-order valence-electron chi connectivity index (χ2n) is 4.60. The topological polar surface area (TPSA) is 49.7 Å². The van der Waals surface area contributed by atoms with Crippen LogP contribution in [-0.2, 0) is 10.3 Å². The number of benzene rings is 1. The quantitative estimate of drug-likeness (QED) is 0.612. The summed E-state index contributed by atoms with van der Waals surface area (Å²) >= 11 is 0. The average Bonchev–Trinajstić information content (AvgIpc) is 2.15. The fraction of sp³-hybridized carbons (Fsp3) is 0.417. The van der Waals surface area contributed by atoms with Crippen molar-refractivity contribution in [3.63, 3.8) is 0 Å². The number of carbonyl (C=O) groups excluding carboxylic acids is 1. The first kappa shape index (κ1) is 11.0. The van der Waals surface area contributed by atoms with Crippen LogP contribution in [0.25, 0.3) is 0 Å². The fourth-order valence-electron chi connectivity index (χ4n) is 2.42. The van der Waals surface area contributed by atoms with Crippen molar-refractivity contribution >= 4 is 6.08 Å². The lowest BCUT2D eigenvalue weighted by molar-refractivity contribution is -0.0728. The predicted octanol–water partition coefficient (Wildman–Crippen LogP) is 1.90. The summed E-state index contributed by atoms with van der Waals surface area (Å²) < 4.78 is 13.1. The van der Waals surface area contributed by atoms with Gasteiger partial charge in [-0.05, 0) is 24.6 Å². The van der Waals surface area contributed by atoms with Crippen molar-refractivity contribution in [1.29, 1.82) is 0 Å². The molecule has 4 heteroatoms. The summed E-state index contributed by atoms with van der Waals surface area (Å²) in [6.07, 6.45) is 2.14. The van der Waals surface area contributed by atoms with Crippen molar-refractivity contribution < 1.29 is 14.3 Å². The van der Waals surface area contributed by atoms with E-state index in [4.69, 9.17) is 0 Å². The van der Waals surface area contributed by atoms with Gasteiger partial charge in [0.15, 0.2) is 0 Å². The number of aliphatic imine (C=N–C) groups is 1. The Morgan fingerprint density at radius 2 is 2.19 bits per heavy atom. The van der Waals surface area contributed by atoms with Gasteiger partial charge in [-0.2, -0.15) is 4.99 Å². The smallest absolute Gasteiger partial charge is 0.235 e. The highest BCUT2D eigenvalue weighted by molar-refractivity contribution is 5.41. The molecule has 1 saturated carbocycles. The molecule has 0 radical (unpaired) electrons. The summed E-state index contributed by atoms with van der Waals surface area (Å²) in [6, 6.07) is 5.95. The Hall–Kier alpha value is -1.51. The van der Waals surface area contributed by atoms with Crippen LogP contribution in [0.4, 0.5) is 4.39 Å².